The lowest BCUT2D eigenvalue weighted by atomic mass is 10.2. The van der Waals surface area contributed by atoms with Crippen LogP contribution in [0.1, 0.15) is 31.5 Å². The summed E-state index contributed by atoms with van der Waals surface area (Å²) in [5.41, 5.74) is 2.47. The molecule has 0 spiro atoms. The number of aryl methyl sites for hydroxylation is 2. The first-order valence-corrected chi connectivity index (χ1v) is 7.54. The van der Waals surface area contributed by atoms with Gasteiger partial charge in [-0.1, -0.05) is 11.3 Å². The number of thiazole rings is 1. The lowest BCUT2D eigenvalue weighted by Crippen LogP contribution is -2.13. The zero-order valence-electron chi connectivity index (χ0n) is 10.6. The van der Waals surface area contributed by atoms with Gasteiger partial charge in [-0.2, -0.15) is 4.37 Å². The predicted octanol–water partition coefficient (Wildman–Crippen LogP) is 2.54. The number of amides is 1. The first-order valence-electron chi connectivity index (χ1n) is 5.95. The molecule has 2 aromatic rings. The maximum atomic E-state index is 12.2. The molecule has 1 amide bonds. The van der Waals surface area contributed by atoms with Crippen molar-refractivity contribution in [2.24, 2.45) is 0 Å². The van der Waals surface area contributed by atoms with Gasteiger partial charge in [0.15, 0.2) is 5.13 Å². The Hall–Kier alpha value is -1.31. The first-order chi connectivity index (χ1) is 9.15. The number of anilines is 1. The molecule has 3 heterocycles. The van der Waals surface area contributed by atoms with Crippen molar-refractivity contribution >= 4 is 33.9 Å². The highest BCUT2D eigenvalue weighted by Gasteiger charge is 2.20. The van der Waals surface area contributed by atoms with Gasteiger partial charge in [-0.15, -0.1) is 0 Å². The Bertz CT molecular complexity index is 590. The molecule has 5 nitrogen and oxygen atoms in total. The smallest absolute Gasteiger partial charge is 0.260 e. The van der Waals surface area contributed by atoms with E-state index < -0.39 is 0 Å². The molecular weight excluding hydrogens is 282 g/mol. The number of ether oxygens (including phenoxy) is 1. The van der Waals surface area contributed by atoms with Crippen molar-refractivity contribution in [1.82, 2.24) is 9.36 Å². The number of fused-ring (bicyclic) bond motifs is 1. The van der Waals surface area contributed by atoms with Gasteiger partial charge in [0, 0.05) is 11.3 Å². The number of hydrogen-bond acceptors (Lipinski definition) is 6. The molecule has 0 fully saturated rings. The molecule has 0 aromatic carbocycles. The van der Waals surface area contributed by atoms with Crippen molar-refractivity contribution < 1.29 is 9.53 Å². The largest absolute Gasteiger partial charge is 0.375 e. The van der Waals surface area contributed by atoms with E-state index in [9.17, 15) is 4.79 Å². The Kier molecular flexibility index (Phi) is 3.34. The molecule has 0 unspecified atom stereocenters. The van der Waals surface area contributed by atoms with Crippen molar-refractivity contribution in [3.63, 3.8) is 0 Å². The fourth-order valence-electron chi connectivity index (χ4n) is 2.05. The monoisotopic (exact) mass is 295 g/mol. The molecule has 7 heteroatoms. The van der Waals surface area contributed by atoms with Gasteiger partial charge in [0.05, 0.1) is 35.0 Å². The molecular formula is C12H13N3O2S2. The third-order valence-corrected chi connectivity index (χ3v) is 4.81. The molecule has 2 aromatic heterocycles. The molecule has 0 saturated carbocycles. The minimum atomic E-state index is -0.129. The van der Waals surface area contributed by atoms with Crippen molar-refractivity contribution in [2.45, 2.75) is 26.9 Å². The second-order valence-corrected chi connectivity index (χ2v) is 6.41. The molecule has 0 saturated heterocycles. The minimum Gasteiger partial charge on any atom is -0.375 e. The maximum absolute atomic E-state index is 12.2. The molecule has 0 bridgehead atoms. The van der Waals surface area contributed by atoms with Crippen molar-refractivity contribution in [2.75, 3.05) is 11.9 Å². The highest BCUT2D eigenvalue weighted by Crippen LogP contribution is 2.28. The quantitative estimate of drug-likeness (QED) is 0.924. The zero-order valence-corrected chi connectivity index (χ0v) is 12.3. The zero-order chi connectivity index (χ0) is 13.4. The molecule has 1 aliphatic heterocycles. The SMILES string of the molecule is Cc1nsc(C)c1C(=O)Nc1nc2c(s1)COCC2. The number of carbonyl (C=O) groups excluding carboxylic acids is 1. The van der Waals surface area contributed by atoms with Crippen LogP contribution in [0.15, 0.2) is 0 Å². The van der Waals surface area contributed by atoms with Gasteiger partial charge < -0.3 is 4.74 Å². The average Bonchev–Trinajstić information content (AvgIpc) is 2.92. The summed E-state index contributed by atoms with van der Waals surface area (Å²) in [7, 11) is 0. The number of nitrogens with zero attached hydrogens (tertiary/aromatic N) is 2. The van der Waals surface area contributed by atoms with Crippen LogP contribution in [0.5, 0.6) is 0 Å². The van der Waals surface area contributed by atoms with Crippen molar-refractivity contribution in [1.29, 1.82) is 0 Å². The highest BCUT2D eigenvalue weighted by atomic mass is 32.1. The molecule has 0 aliphatic carbocycles. The van der Waals surface area contributed by atoms with Crippen LogP contribution >= 0.6 is 22.9 Å². The van der Waals surface area contributed by atoms with Crippen LogP contribution in [0.25, 0.3) is 0 Å². The molecule has 0 radical (unpaired) electrons. The second-order valence-electron chi connectivity index (χ2n) is 4.34. The minimum absolute atomic E-state index is 0.129. The van der Waals surface area contributed by atoms with Crippen LogP contribution in [0.3, 0.4) is 0 Å². The molecule has 0 atom stereocenters. The molecule has 1 aliphatic rings. The topological polar surface area (TPSA) is 64.1 Å². The molecule has 3 rings (SSSR count). The summed E-state index contributed by atoms with van der Waals surface area (Å²) in [5, 5.41) is 3.51. The Labute approximate surface area is 118 Å². The van der Waals surface area contributed by atoms with E-state index in [0.29, 0.717) is 23.9 Å². The number of hydrogen-bond donors (Lipinski definition) is 1. The van der Waals surface area contributed by atoms with Crippen molar-refractivity contribution in [3.8, 4) is 0 Å². The number of rotatable bonds is 2. The lowest BCUT2D eigenvalue weighted by Gasteiger charge is -2.08. The number of nitrogens with one attached hydrogen (secondary N) is 1. The van der Waals surface area contributed by atoms with Gasteiger partial charge in [0.2, 0.25) is 0 Å². The van der Waals surface area contributed by atoms with E-state index in [1.165, 1.54) is 22.9 Å². The predicted molar refractivity (Wildman–Crippen MR) is 75.0 cm³/mol. The van der Waals surface area contributed by atoms with Crippen LogP contribution in [0.4, 0.5) is 5.13 Å². The molecule has 1 N–H and O–H groups in total. The van der Waals surface area contributed by atoms with E-state index in [4.69, 9.17) is 4.74 Å². The van der Waals surface area contributed by atoms with E-state index in [-0.39, 0.29) is 5.91 Å². The van der Waals surface area contributed by atoms with Crippen LogP contribution in [-0.4, -0.2) is 21.9 Å². The van der Waals surface area contributed by atoms with E-state index in [2.05, 4.69) is 14.7 Å². The number of carbonyl (C=O) groups is 1. The van der Waals surface area contributed by atoms with Gasteiger partial charge >= 0.3 is 0 Å². The summed E-state index contributed by atoms with van der Waals surface area (Å²) in [6.07, 6.45) is 0.819. The van der Waals surface area contributed by atoms with Crippen LogP contribution in [0, 0.1) is 13.8 Å². The van der Waals surface area contributed by atoms with Gasteiger partial charge in [0.1, 0.15) is 0 Å². The summed E-state index contributed by atoms with van der Waals surface area (Å²) in [6, 6.07) is 0. The van der Waals surface area contributed by atoms with E-state index >= 15 is 0 Å². The Morgan fingerprint density at radius 3 is 2.95 bits per heavy atom. The van der Waals surface area contributed by atoms with E-state index in [1.54, 1.807) is 0 Å². The summed E-state index contributed by atoms with van der Waals surface area (Å²) in [5.74, 6) is -0.129. The third kappa shape index (κ3) is 2.41. The highest BCUT2D eigenvalue weighted by molar-refractivity contribution is 7.15. The average molecular weight is 295 g/mol. The molecule has 19 heavy (non-hydrogen) atoms. The Morgan fingerprint density at radius 1 is 1.42 bits per heavy atom. The normalized spacial score (nSPS) is 14.2. The fraction of sp³-hybridized carbons (Fsp3) is 0.417. The van der Waals surface area contributed by atoms with E-state index in [0.717, 1.165) is 27.6 Å². The Balaban J connectivity index is 1.82. The number of aromatic nitrogens is 2. The van der Waals surface area contributed by atoms with Crippen LogP contribution < -0.4 is 5.32 Å². The van der Waals surface area contributed by atoms with Gasteiger partial charge in [0.25, 0.3) is 5.91 Å². The standard InChI is InChI=1S/C12H13N3O2S2/c1-6-10(7(2)19-15-6)11(16)14-12-13-8-3-4-17-5-9(8)18-12/h3-5H2,1-2H3,(H,13,14,16). The lowest BCUT2D eigenvalue weighted by molar-refractivity contribution is 0.102. The van der Waals surface area contributed by atoms with Crippen molar-refractivity contribution in [3.05, 3.63) is 26.7 Å². The van der Waals surface area contributed by atoms with Gasteiger partial charge in [-0.05, 0) is 25.4 Å². The Morgan fingerprint density at radius 2 is 2.26 bits per heavy atom. The summed E-state index contributed by atoms with van der Waals surface area (Å²) in [4.78, 5) is 18.7. The summed E-state index contributed by atoms with van der Waals surface area (Å²) in [6.45, 7) is 5.05. The summed E-state index contributed by atoms with van der Waals surface area (Å²) >= 11 is 2.84. The van der Waals surface area contributed by atoms with Crippen LogP contribution in [0.2, 0.25) is 0 Å². The second kappa shape index (κ2) is 4.99. The maximum Gasteiger partial charge on any atom is 0.260 e. The van der Waals surface area contributed by atoms with E-state index in [1.807, 2.05) is 13.8 Å². The first kappa shape index (κ1) is 12.7. The van der Waals surface area contributed by atoms with Gasteiger partial charge in [-0.25, -0.2) is 4.98 Å². The van der Waals surface area contributed by atoms with Gasteiger partial charge in [-0.3, -0.25) is 10.1 Å². The molecule has 100 valence electrons. The third-order valence-electron chi connectivity index (χ3n) is 2.98. The summed E-state index contributed by atoms with van der Waals surface area (Å²) < 4.78 is 9.56. The fourth-order valence-corrected chi connectivity index (χ4v) is 3.68. The van der Waals surface area contributed by atoms with Crippen LogP contribution in [-0.2, 0) is 17.8 Å².